The maximum atomic E-state index is 9.57. The Morgan fingerprint density at radius 2 is 2.25 bits per heavy atom. The van der Waals surface area contributed by atoms with Crippen molar-refractivity contribution in [1.82, 2.24) is 5.32 Å². The summed E-state index contributed by atoms with van der Waals surface area (Å²) in [5, 5.41) is 13.1. The van der Waals surface area contributed by atoms with Crippen molar-refractivity contribution >= 4 is 43.2 Å². The van der Waals surface area contributed by atoms with Gasteiger partial charge in [-0.3, -0.25) is 0 Å². The van der Waals surface area contributed by atoms with Crippen LogP contribution >= 0.6 is 43.2 Å². The molecule has 2 unspecified atom stereocenters. The van der Waals surface area contributed by atoms with Gasteiger partial charge < -0.3 is 10.4 Å². The summed E-state index contributed by atoms with van der Waals surface area (Å²) in [6.07, 6.45) is 4.08. The van der Waals surface area contributed by atoms with E-state index in [2.05, 4.69) is 43.2 Å². The first-order valence-electron chi connectivity index (χ1n) is 5.50. The normalized spacial score (nSPS) is 25.9. The fourth-order valence-electron chi connectivity index (χ4n) is 2.07. The van der Waals surface area contributed by atoms with Crippen molar-refractivity contribution in [3.05, 3.63) is 19.2 Å². The van der Waals surface area contributed by atoms with Gasteiger partial charge in [0, 0.05) is 21.9 Å². The first kappa shape index (κ1) is 13.0. The lowest BCUT2D eigenvalue weighted by atomic mass is 9.93. The van der Waals surface area contributed by atoms with Gasteiger partial charge in [0.15, 0.2) is 0 Å². The molecular weight excluding hydrogens is 354 g/mol. The van der Waals surface area contributed by atoms with Crippen molar-refractivity contribution in [1.29, 1.82) is 0 Å². The van der Waals surface area contributed by atoms with E-state index >= 15 is 0 Å². The predicted molar refractivity (Wildman–Crippen MR) is 74.8 cm³/mol. The van der Waals surface area contributed by atoms with Gasteiger partial charge in [-0.15, -0.1) is 11.3 Å². The summed E-state index contributed by atoms with van der Waals surface area (Å²) in [4.78, 5) is 1.32. The van der Waals surface area contributed by atoms with Gasteiger partial charge in [0.25, 0.3) is 0 Å². The number of hydrogen-bond donors (Lipinski definition) is 2. The fraction of sp³-hybridized carbons (Fsp3) is 0.636. The molecule has 0 bridgehead atoms. The smallest absolute Gasteiger partial charge is 0.0843 e. The summed E-state index contributed by atoms with van der Waals surface area (Å²) in [5.74, 6) is 0. The fourth-order valence-corrected chi connectivity index (χ4v) is 4.20. The molecule has 2 rings (SSSR count). The quantitative estimate of drug-likeness (QED) is 0.853. The molecule has 1 aliphatic carbocycles. The van der Waals surface area contributed by atoms with Gasteiger partial charge in [-0.25, -0.2) is 0 Å². The summed E-state index contributed by atoms with van der Waals surface area (Å²) in [6, 6.07) is 2.62. The van der Waals surface area contributed by atoms with Crippen LogP contribution in [0.3, 0.4) is 0 Å². The minimum Gasteiger partial charge on any atom is -0.393 e. The molecule has 2 atom stereocenters. The van der Waals surface area contributed by atoms with E-state index in [1.54, 1.807) is 11.3 Å². The minimum atomic E-state index is -0.104. The summed E-state index contributed by atoms with van der Waals surface area (Å²) in [6.45, 7) is 0.895. The lowest BCUT2D eigenvalue weighted by Crippen LogP contribution is -2.35. The van der Waals surface area contributed by atoms with Gasteiger partial charge in [-0.05, 0) is 63.6 Å². The average Bonchev–Trinajstić information content (AvgIpc) is 2.56. The first-order chi connectivity index (χ1) is 7.65. The summed E-state index contributed by atoms with van der Waals surface area (Å²) < 4.78 is 2.27. The second-order valence-corrected chi connectivity index (χ2v) is 7.54. The zero-order chi connectivity index (χ0) is 11.5. The SMILES string of the molecule is OC1CCCC(NCc2cc(Br)c(Br)s2)C1. The molecule has 1 aliphatic rings. The molecule has 1 fully saturated rings. The van der Waals surface area contributed by atoms with Gasteiger partial charge in [0.2, 0.25) is 0 Å². The topological polar surface area (TPSA) is 32.3 Å². The Balaban J connectivity index is 1.82. The number of aliphatic hydroxyl groups excluding tert-OH is 1. The number of aliphatic hydroxyl groups is 1. The third kappa shape index (κ3) is 3.53. The lowest BCUT2D eigenvalue weighted by Gasteiger charge is -2.26. The molecule has 2 nitrogen and oxygen atoms in total. The van der Waals surface area contributed by atoms with E-state index in [1.807, 2.05) is 0 Å². The lowest BCUT2D eigenvalue weighted by molar-refractivity contribution is 0.111. The Kier molecular flexibility index (Phi) is 4.85. The van der Waals surface area contributed by atoms with Crippen LogP contribution in [0.25, 0.3) is 0 Å². The van der Waals surface area contributed by atoms with Crippen LogP contribution in [-0.4, -0.2) is 17.3 Å². The molecule has 5 heteroatoms. The number of rotatable bonds is 3. The van der Waals surface area contributed by atoms with Crippen molar-refractivity contribution in [2.45, 2.75) is 44.4 Å². The molecule has 1 aromatic heterocycles. The monoisotopic (exact) mass is 367 g/mol. The molecule has 0 saturated heterocycles. The zero-order valence-electron chi connectivity index (χ0n) is 8.88. The Bertz CT molecular complexity index is 336. The molecular formula is C11H15Br2NOS. The van der Waals surface area contributed by atoms with Crippen LogP contribution in [0.2, 0.25) is 0 Å². The highest BCUT2D eigenvalue weighted by molar-refractivity contribution is 9.13. The molecule has 0 aromatic carbocycles. The highest BCUT2D eigenvalue weighted by Crippen LogP contribution is 2.32. The maximum absolute atomic E-state index is 9.57. The molecule has 0 radical (unpaired) electrons. The highest BCUT2D eigenvalue weighted by Gasteiger charge is 2.19. The molecule has 2 N–H and O–H groups in total. The summed E-state index contributed by atoms with van der Waals surface area (Å²) in [7, 11) is 0. The van der Waals surface area contributed by atoms with Gasteiger partial charge in [0.1, 0.15) is 0 Å². The number of thiophene rings is 1. The van der Waals surface area contributed by atoms with E-state index in [0.29, 0.717) is 6.04 Å². The minimum absolute atomic E-state index is 0.104. The molecule has 16 heavy (non-hydrogen) atoms. The first-order valence-corrected chi connectivity index (χ1v) is 7.90. The van der Waals surface area contributed by atoms with Gasteiger partial charge in [0.05, 0.1) is 9.89 Å². The van der Waals surface area contributed by atoms with Crippen LogP contribution < -0.4 is 5.32 Å². The zero-order valence-corrected chi connectivity index (χ0v) is 12.9. The van der Waals surface area contributed by atoms with Crippen LogP contribution in [0.5, 0.6) is 0 Å². The molecule has 0 amide bonds. The maximum Gasteiger partial charge on any atom is 0.0843 e. The third-order valence-electron chi connectivity index (χ3n) is 2.91. The van der Waals surface area contributed by atoms with E-state index in [0.717, 1.165) is 34.1 Å². The van der Waals surface area contributed by atoms with Crippen LogP contribution in [0.4, 0.5) is 0 Å². The number of hydrogen-bond acceptors (Lipinski definition) is 3. The van der Waals surface area contributed by atoms with Crippen LogP contribution in [0.15, 0.2) is 14.3 Å². The van der Waals surface area contributed by atoms with Crippen molar-refractivity contribution in [2.24, 2.45) is 0 Å². The Morgan fingerprint density at radius 3 is 2.88 bits per heavy atom. The van der Waals surface area contributed by atoms with E-state index < -0.39 is 0 Å². The number of halogens is 2. The van der Waals surface area contributed by atoms with Crippen LogP contribution in [0.1, 0.15) is 30.6 Å². The van der Waals surface area contributed by atoms with E-state index in [-0.39, 0.29) is 6.10 Å². The third-order valence-corrected chi connectivity index (χ3v) is 6.16. The van der Waals surface area contributed by atoms with Crippen LogP contribution in [-0.2, 0) is 6.54 Å². The van der Waals surface area contributed by atoms with Gasteiger partial charge in [-0.2, -0.15) is 0 Å². The largest absolute Gasteiger partial charge is 0.393 e. The van der Waals surface area contributed by atoms with Crippen LogP contribution in [0, 0.1) is 0 Å². The van der Waals surface area contributed by atoms with E-state index in [4.69, 9.17) is 0 Å². The Labute approximate surface area is 117 Å². The molecule has 0 spiro atoms. The molecule has 1 aromatic rings. The molecule has 90 valence electrons. The number of nitrogens with one attached hydrogen (secondary N) is 1. The highest BCUT2D eigenvalue weighted by atomic mass is 79.9. The molecule has 1 heterocycles. The second kappa shape index (κ2) is 5.96. The van der Waals surface area contributed by atoms with Crippen molar-refractivity contribution in [3.8, 4) is 0 Å². The average molecular weight is 369 g/mol. The van der Waals surface area contributed by atoms with E-state index in [9.17, 15) is 5.11 Å². The van der Waals surface area contributed by atoms with Crippen molar-refractivity contribution in [2.75, 3.05) is 0 Å². The Morgan fingerprint density at radius 1 is 1.44 bits per heavy atom. The van der Waals surface area contributed by atoms with Gasteiger partial charge in [-0.1, -0.05) is 0 Å². The molecule has 1 saturated carbocycles. The molecule has 0 aliphatic heterocycles. The Hall–Kier alpha value is 0.580. The summed E-state index contributed by atoms with van der Waals surface area (Å²) >= 11 is 8.73. The standard InChI is InChI=1S/C11H15Br2NOS/c12-10-5-9(16-11(10)13)6-14-7-2-1-3-8(15)4-7/h5,7-8,14-15H,1-4,6H2. The van der Waals surface area contributed by atoms with E-state index in [1.165, 1.54) is 11.3 Å². The van der Waals surface area contributed by atoms with Gasteiger partial charge >= 0.3 is 0 Å². The van der Waals surface area contributed by atoms with Crippen molar-refractivity contribution in [3.63, 3.8) is 0 Å². The van der Waals surface area contributed by atoms with Crippen molar-refractivity contribution < 1.29 is 5.11 Å². The summed E-state index contributed by atoms with van der Waals surface area (Å²) in [5.41, 5.74) is 0. The second-order valence-electron chi connectivity index (χ2n) is 4.23. The predicted octanol–water partition coefficient (Wildman–Crippen LogP) is 3.67.